The number of aryl methyl sites for hydroxylation is 1. The average molecular weight is 384 g/mol. The Hall–Kier alpha value is -1.80. The van der Waals surface area contributed by atoms with E-state index in [1.807, 2.05) is 26.0 Å². The van der Waals surface area contributed by atoms with Gasteiger partial charge in [-0.15, -0.1) is 0 Å². The second-order valence-electron chi connectivity index (χ2n) is 6.68. The zero-order valence-electron chi connectivity index (χ0n) is 16.0. The molecule has 146 valence electrons. The molecule has 1 amide bonds. The third-order valence-electron chi connectivity index (χ3n) is 4.78. The van der Waals surface area contributed by atoms with Crippen LogP contribution in [0.5, 0.6) is 11.5 Å². The quantitative estimate of drug-likeness (QED) is 0.811. The van der Waals surface area contributed by atoms with Gasteiger partial charge in [-0.2, -0.15) is 4.31 Å². The Balaban J connectivity index is 2.21. The number of methoxy groups -OCH3 is 2. The van der Waals surface area contributed by atoms with E-state index in [1.54, 1.807) is 14.2 Å². The van der Waals surface area contributed by atoms with Gasteiger partial charge in [0.1, 0.15) is 6.04 Å². The SMILES string of the molecule is COc1cc(C)c([C@@H](C)NC(=O)[C@H]2CCCCN2S(C)(=O)=O)cc1OC. The molecule has 8 heteroatoms. The zero-order valence-corrected chi connectivity index (χ0v) is 16.9. The number of rotatable bonds is 6. The number of nitrogens with zero attached hydrogens (tertiary/aromatic N) is 1. The molecule has 0 aromatic heterocycles. The van der Waals surface area contributed by atoms with Crippen LogP contribution in [0, 0.1) is 6.92 Å². The van der Waals surface area contributed by atoms with Crippen molar-refractivity contribution < 1.29 is 22.7 Å². The first-order chi connectivity index (χ1) is 12.2. The maximum Gasteiger partial charge on any atom is 0.238 e. The number of nitrogens with one attached hydrogen (secondary N) is 1. The summed E-state index contributed by atoms with van der Waals surface area (Å²) < 4.78 is 35.9. The Bertz CT molecular complexity index is 763. The number of hydrogen-bond donors (Lipinski definition) is 1. The molecule has 0 radical (unpaired) electrons. The van der Waals surface area contributed by atoms with Crippen molar-refractivity contribution in [1.82, 2.24) is 9.62 Å². The Labute approximate surface area is 155 Å². The molecule has 0 aliphatic carbocycles. The van der Waals surface area contributed by atoms with Crippen LogP contribution < -0.4 is 14.8 Å². The third kappa shape index (κ3) is 4.48. The fraction of sp³-hybridized carbons (Fsp3) is 0.611. The highest BCUT2D eigenvalue weighted by Crippen LogP contribution is 2.33. The van der Waals surface area contributed by atoms with Gasteiger partial charge in [0.15, 0.2) is 11.5 Å². The number of amides is 1. The number of ether oxygens (including phenoxy) is 2. The molecule has 0 unspecified atom stereocenters. The highest BCUT2D eigenvalue weighted by molar-refractivity contribution is 7.88. The Kier molecular flexibility index (Phi) is 6.52. The second kappa shape index (κ2) is 8.26. The zero-order chi connectivity index (χ0) is 19.5. The normalized spacial score (nSPS) is 19.7. The van der Waals surface area contributed by atoms with Crippen molar-refractivity contribution >= 4 is 15.9 Å². The van der Waals surface area contributed by atoms with Crippen molar-refractivity contribution in [3.05, 3.63) is 23.3 Å². The summed E-state index contributed by atoms with van der Waals surface area (Å²) in [6.45, 7) is 4.20. The molecule has 2 atom stereocenters. The fourth-order valence-corrected chi connectivity index (χ4v) is 4.54. The van der Waals surface area contributed by atoms with E-state index in [9.17, 15) is 13.2 Å². The van der Waals surface area contributed by atoms with Gasteiger partial charge in [-0.05, 0) is 49.9 Å². The van der Waals surface area contributed by atoms with E-state index in [2.05, 4.69) is 5.32 Å². The van der Waals surface area contributed by atoms with Crippen LogP contribution >= 0.6 is 0 Å². The molecule has 1 aromatic rings. The lowest BCUT2D eigenvalue weighted by atomic mass is 9.99. The molecule has 1 fully saturated rings. The number of piperidine rings is 1. The van der Waals surface area contributed by atoms with E-state index in [-0.39, 0.29) is 11.9 Å². The largest absolute Gasteiger partial charge is 0.493 e. The van der Waals surface area contributed by atoms with Gasteiger partial charge in [0, 0.05) is 6.54 Å². The highest BCUT2D eigenvalue weighted by atomic mass is 32.2. The average Bonchev–Trinajstić information content (AvgIpc) is 2.60. The molecule has 2 rings (SSSR count). The summed E-state index contributed by atoms with van der Waals surface area (Å²) in [4.78, 5) is 12.8. The first-order valence-electron chi connectivity index (χ1n) is 8.68. The van der Waals surface area contributed by atoms with Crippen LogP contribution in [0.4, 0.5) is 0 Å². The van der Waals surface area contributed by atoms with E-state index >= 15 is 0 Å². The molecular formula is C18H28N2O5S. The summed E-state index contributed by atoms with van der Waals surface area (Å²) in [5.41, 5.74) is 1.86. The molecular weight excluding hydrogens is 356 g/mol. The summed E-state index contributed by atoms with van der Waals surface area (Å²) in [7, 11) is -0.276. The van der Waals surface area contributed by atoms with Gasteiger partial charge in [-0.1, -0.05) is 6.42 Å². The predicted octanol–water partition coefficient (Wildman–Crippen LogP) is 2.00. The number of benzene rings is 1. The lowest BCUT2D eigenvalue weighted by molar-refractivity contribution is -0.126. The van der Waals surface area contributed by atoms with Crippen LogP contribution in [0.15, 0.2) is 12.1 Å². The number of carbonyl (C=O) groups is 1. The van der Waals surface area contributed by atoms with Gasteiger partial charge in [-0.3, -0.25) is 4.79 Å². The van der Waals surface area contributed by atoms with Crippen molar-refractivity contribution in [2.24, 2.45) is 0 Å². The predicted molar refractivity (Wildman–Crippen MR) is 100 cm³/mol. The van der Waals surface area contributed by atoms with Crippen molar-refractivity contribution in [3.63, 3.8) is 0 Å². The Morgan fingerprint density at radius 3 is 2.42 bits per heavy atom. The minimum Gasteiger partial charge on any atom is -0.493 e. The highest BCUT2D eigenvalue weighted by Gasteiger charge is 2.35. The minimum absolute atomic E-state index is 0.267. The van der Waals surface area contributed by atoms with Gasteiger partial charge in [-0.25, -0.2) is 8.42 Å². The van der Waals surface area contributed by atoms with Crippen LogP contribution in [0.2, 0.25) is 0 Å². The van der Waals surface area contributed by atoms with E-state index in [4.69, 9.17) is 9.47 Å². The number of hydrogen-bond acceptors (Lipinski definition) is 5. The molecule has 1 aliphatic heterocycles. The lowest BCUT2D eigenvalue weighted by Crippen LogP contribution is -2.51. The molecule has 1 aliphatic rings. The van der Waals surface area contributed by atoms with Crippen molar-refractivity contribution in [2.75, 3.05) is 27.0 Å². The summed E-state index contributed by atoms with van der Waals surface area (Å²) in [6.07, 6.45) is 3.31. The maximum atomic E-state index is 12.8. The topological polar surface area (TPSA) is 84.9 Å². The second-order valence-corrected chi connectivity index (χ2v) is 8.61. The Morgan fingerprint density at radius 2 is 1.85 bits per heavy atom. The Morgan fingerprint density at radius 1 is 1.23 bits per heavy atom. The van der Waals surface area contributed by atoms with Crippen molar-refractivity contribution in [3.8, 4) is 11.5 Å². The van der Waals surface area contributed by atoms with Crippen LogP contribution in [0.3, 0.4) is 0 Å². The molecule has 1 heterocycles. The third-order valence-corrected chi connectivity index (χ3v) is 6.07. The molecule has 1 N–H and O–H groups in total. The molecule has 0 spiro atoms. The molecule has 7 nitrogen and oxygen atoms in total. The van der Waals surface area contributed by atoms with Gasteiger partial charge in [0.2, 0.25) is 15.9 Å². The van der Waals surface area contributed by atoms with Gasteiger partial charge >= 0.3 is 0 Å². The van der Waals surface area contributed by atoms with Crippen molar-refractivity contribution in [2.45, 2.75) is 45.2 Å². The summed E-state index contributed by atoms with van der Waals surface area (Å²) in [5.74, 6) is 0.948. The summed E-state index contributed by atoms with van der Waals surface area (Å²) in [5, 5.41) is 2.96. The number of carbonyl (C=O) groups excluding carboxylic acids is 1. The van der Waals surface area contributed by atoms with E-state index in [0.717, 1.165) is 30.2 Å². The first-order valence-corrected chi connectivity index (χ1v) is 10.5. The molecule has 0 bridgehead atoms. The first kappa shape index (κ1) is 20.5. The van der Waals surface area contributed by atoms with Crippen LogP contribution in [0.25, 0.3) is 0 Å². The summed E-state index contributed by atoms with van der Waals surface area (Å²) >= 11 is 0. The monoisotopic (exact) mass is 384 g/mol. The number of sulfonamides is 1. The standard InChI is InChI=1S/C18H28N2O5S/c1-12-10-16(24-3)17(25-4)11-14(12)13(2)19-18(21)15-8-6-7-9-20(15)26(5,22)23/h10-11,13,15H,6-9H2,1-5H3,(H,19,21)/t13-,15-/m1/s1. The van der Waals surface area contributed by atoms with Crippen LogP contribution in [0.1, 0.15) is 43.4 Å². The lowest BCUT2D eigenvalue weighted by Gasteiger charge is -2.33. The van der Waals surface area contributed by atoms with Gasteiger partial charge < -0.3 is 14.8 Å². The molecule has 1 aromatic carbocycles. The van der Waals surface area contributed by atoms with E-state index in [1.165, 1.54) is 4.31 Å². The smallest absolute Gasteiger partial charge is 0.238 e. The minimum atomic E-state index is -3.41. The maximum absolute atomic E-state index is 12.8. The van der Waals surface area contributed by atoms with Gasteiger partial charge in [0.25, 0.3) is 0 Å². The summed E-state index contributed by atoms with van der Waals surface area (Å²) in [6, 6.07) is 2.77. The molecule has 1 saturated heterocycles. The van der Waals surface area contributed by atoms with E-state index < -0.39 is 16.1 Å². The fourth-order valence-electron chi connectivity index (χ4n) is 3.41. The van der Waals surface area contributed by atoms with Crippen LogP contribution in [-0.2, 0) is 14.8 Å². The molecule has 0 saturated carbocycles. The van der Waals surface area contributed by atoms with E-state index in [0.29, 0.717) is 24.5 Å². The van der Waals surface area contributed by atoms with Crippen LogP contribution in [-0.4, -0.2) is 51.7 Å². The molecule has 26 heavy (non-hydrogen) atoms. The van der Waals surface area contributed by atoms with Gasteiger partial charge in [0.05, 0.1) is 26.5 Å². The van der Waals surface area contributed by atoms with Crippen molar-refractivity contribution in [1.29, 1.82) is 0 Å².